The van der Waals surface area contributed by atoms with E-state index in [1.54, 1.807) is 0 Å². The molecule has 0 fully saturated rings. The smallest absolute Gasteiger partial charge is 0.0462 e. The molecule has 2 atom stereocenters. The summed E-state index contributed by atoms with van der Waals surface area (Å²) < 4.78 is 0. The van der Waals surface area contributed by atoms with Gasteiger partial charge in [-0.05, 0) is 134 Å². The molecule has 1 aliphatic carbocycles. The van der Waals surface area contributed by atoms with Gasteiger partial charge >= 0.3 is 0 Å². The number of benzene rings is 9. The predicted molar refractivity (Wildman–Crippen MR) is 272 cm³/mol. The van der Waals surface area contributed by atoms with Gasteiger partial charge < -0.3 is 4.90 Å². The number of anilines is 3. The fraction of sp³-hybridized carbons (Fsp3) is 0.0794. The van der Waals surface area contributed by atoms with E-state index < -0.39 is 0 Å². The third-order valence-electron chi connectivity index (χ3n) is 12.8. The molecule has 1 heteroatoms. The monoisotopic (exact) mass is 821 g/mol. The van der Waals surface area contributed by atoms with Crippen molar-refractivity contribution in [3.63, 3.8) is 0 Å². The van der Waals surface area contributed by atoms with Gasteiger partial charge in [-0.25, -0.2) is 0 Å². The number of nitrogens with zero attached hydrogens (tertiary/aromatic N) is 1. The summed E-state index contributed by atoms with van der Waals surface area (Å²) in [4.78, 5) is 2.35. The van der Waals surface area contributed by atoms with E-state index in [-0.39, 0.29) is 0 Å². The van der Waals surface area contributed by atoms with Gasteiger partial charge in [-0.3, -0.25) is 0 Å². The fourth-order valence-corrected chi connectivity index (χ4v) is 9.26. The van der Waals surface area contributed by atoms with Gasteiger partial charge in [0.05, 0.1) is 0 Å². The molecule has 0 heterocycles. The topological polar surface area (TPSA) is 3.24 Å². The lowest BCUT2D eigenvalue weighted by molar-refractivity contribution is 0.478. The van der Waals surface area contributed by atoms with E-state index in [1.807, 2.05) is 0 Å². The molecule has 308 valence electrons. The first-order valence-electron chi connectivity index (χ1n) is 22.6. The van der Waals surface area contributed by atoms with Crippen LogP contribution in [0.25, 0.3) is 50.1 Å². The molecular weight excluding hydrogens is 771 g/mol. The van der Waals surface area contributed by atoms with Crippen LogP contribution in [-0.4, -0.2) is 0 Å². The Labute approximate surface area is 379 Å². The van der Waals surface area contributed by atoms with Gasteiger partial charge in [0.15, 0.2) is 0 Å². The number of allylic oxidation sites excluding steroid dienone is 4. The van der Waals surface area contributed by atoms with Crippen LogP contribution in [0.2, 0.25) is 0 Å². The van der Waals surface area contributed by atoms with Crippen molar-refractivity contribution in [2.24, 2.45) is 5.92 Å². The first-order valence-corrected chi connectivity index (χ1v) is 22.6. The van der Waals surface area contributed by atoms with Crippen molar-refractivity contribution in [2.45, 2.75) is 25.2 Å². The van der Waals surface area contributed by atoms with Crippen molar-refractivity contribution in [1.82, 2.24) is 0 Å². The standard InChI is InChI=1S/C63H51N/c1-5-13-48(14-6-1)53-26-30-58(31-27-53)63(59-32-28-54(29-33-59)49-15-7-2-8-16-49)46-23-47-21-24-52(25-22-47)57-38-44-62(45-39-57)64(60-40-34-55(35-41-60)50-17-9-3-10-18-50)61-42-36-56(37-43-61)51-19-11-4-12-20-51/h1-22,24-32,34-45,59,63H,23,33,46H2. The van der Waals surface area contributed by atoms with E-state index in [2.05, 4.69) is 266 Å². The molecule has 9 aromatic rings. The van der Waals surface area contributed by atoms with Crippen LogP contribution < -0.4 is 4.90 Å². The highest BCUT2D eigenvalue weighted by molar-refractivity contribution is 5.81. The maximum atomic E-state index is 2.46. The normalized spacial score (nSPS) is 13.8. The fourth-order valence-electron chi connectivity index (χ4n) is 9.26. The number of hydrogen-bond acceptors (Lipinski definition) is 1. The quantitative estimate of drug-likeness (QED) is 0.112. The molecule has 0 aliphatic heterocycles. The van der Waals surface area contributed by atoms with Crippen molar-refractivity contribution < 1.29 is 0 Å². The lowest BCUT2D eigenvalue weighted by Crippen LogP contribution is -2.14. The first kappa shape index (κ1) is 40.3. The van der Waals surface area contributed by atoms with Gasteiger partial charge in [0.2, 0.25) is 0 Å². The third-order valence-corrected chi connectivity index (χ3v) is 12.8. The highest BCUT2D eigenvalue weighted by Gasteiger charge is 2.23. The Morgan fingerprint density at radius 2 is 0.703 bits per heavy atom. The molecule has 0 radical (unpaired) electrons. The van der Waals surface area contributed by atoms with Crippen LogP contribution in [-0.2, 0) is 6.42 Å². The van der Waals surface area contributed by atoms with Crippen LogP contribution in [0, 0.1) is 5.92 Å². The van der Waals surface area contributed by atoms with Crippen LogP contribution in [0.5, 0.6) is 0 Å². The summed E-state index contributed by atoms with van der Waals surface area (Å²) in [6.07, 6.45) is 10.4. The minimum absolute atomic E-state index is 0.411. The van der Waals surface area contributed by atoms with Crippen LogP contribution in [0.1, 0.15) is 35.4 Å². The summed E-state index contributed by atoms with van der Waals surface area (Å²) >= 11 is 0. The van der Waals surface area contributed by atoms with Gasteiger partial charge in [0, 0.05) is 17.1 Å². The highest BCUT2D eigenvalue weighted by atomic mass is 15.1. The van der Waals surface area contributed by atoms with Crippen LogP contribution in [0.3, 0.4) is 0 Å². The van der Waals surface area contributed by atoms with E-state index in [4.69, 9.17) is 0 Å². The molecular formula is C63H51N. The van der Waals surface area contributed by atoms with Crippen molar-refractivity contribution >= 4 is 22.6 Å². The average Bonchev–Trinajstić information content (AvgIpc) is 3.39. The Morgan fingerprint density at radius 1 is 0.359 bits per heavy atom. The zero-order valence-corrected chi connectivity index (χ0v) is 36.0. The molecule has 0 aromatic heterocycles. The van der Waals surface area contributed by atoms with Crippen LogP contribution in [0.15, 0.2) is 261 Å². The second-order valence-electron chi connectivity index (χ2n) is 16.8. The van der Waals surface area contributed by atoms with Crippen molar-refractivity contribution in [1.29, 1.82) is 0 Å². The molecule has 0 bridgehead atoms. The summed E-state index contributed by atoms with van der Waals surface area (Å²) in [6, 6.07) is 88.0. The Balaban J connectivity index is 0.874. The lowest BCUT2D eigenvalue weighted by atomic mass is 9.77. The Hall–Kier alpha value is -7.74. The van der Waals surface area contributed by atoms with Gasteiger partial charge in [-0.1, -0.05) is 224 Å². The Bertz CT molecular complexity index is 2850. The molecule has 9 aromatic carbocycles. The van der Waals surface area contributed by atoms with Crippen molar-refractivity contribution in [3.8, 4) is 44.5 Å². The van der Waals surface area contributed by atoms with Gasteiger partial charge in [0.25, 0.3) is 0 Å². The molecule has 1 nitrogen and oxygen atoms in total. The van der Waals surface area contributed by atoms with Gasteiger partial charge in [-0.2, -0.15) is 0 Å². The molecule has 64 heavy (non-hydrogen) atoms. The highest BCUT2D eigenvalue weighted by Crippen LogP contribution is 2.40. The van der Waals surface area contributed by atoms with E-state index in [0.717, 1.165) is 36.3 Å². The van der Waals surface area contributed by atoms with Crippen LogP contribution >= 0.6 is 0 Å². The molecule has 0 amide bonds. The second-order valence-corrected chi connectivity index (χ2v) is 16.8. The molecule has 0 N–H and O–H groups in total. The molecule has 0 spiro atoms. The molecule has 0 saturated heterocycles. The summed E-state index contributed by atoms with van der Waals surface area (Å²) in [6.45, 7) is 0. The van der Waals surface area contributed by atoms with Gasteiger partial charge in [-0.15, -0.1) is 0 Å². The van der Waals surface area contributed by atoms with Crippen LogP contribution in [0.4, 0.5) is 17.1 Å². The summed E-state index contributed by atoms with van der Waals surface area (Å²) in [5, 5.41) is 0. The maximum Gasteiger partial charge on any atom is 0.0462 e. The minimum Gasteiger partial charge on any atom is -0.311 e. The van der Waals surface area contributed by atoms with E-state index in [1.165, 1.54) is 66.8 Å². The maximum absolute atomic E-state index is 2.46. The molecule has 2 unspecified atom stereocenters. The second kappa shape index (κ2) is 19.1. The minimum atomic E-state index is 0.411. The van der Waals surface area contributed by atoms with Crippen molar-refractivity contribution in [2.75, 3.05) is 4.90 Å². The molecule has 10 rings (SSSR count). The first-order chi connectivity index (χ1) is 31.7. The van der Waals surface area contributed by atoms with Crippen molar-refractivity contribution in [3.05, 3.63) is 278 Å². The molecule has 0 saturated carbocycles. The van der Waals surface area contributed by atoms with Gasteiger partial charge in [0.1, 0.15) is 0 Å². The zero-order chi connectivity index (χ0) is 42.9. The zero-order valence-electron chi connectivity index (χ0n) is 36.0. The van der Waals surface area contributed by atoms with E-state index in [9.17, 15) is 0 Å². The number of hydrogen-bond donors (Lipinski definition) is 0. The Morgan fingerprint density at radius 3 is 1.08 bits per heavy atom. The SMILES string of the molecule is C1=CC(C(CCc2ccc(-c3ccc(N(c4ccc(-c5ccccc5)cc4)c4ccc(-c5ccccc5)cc4)cc3)cc2)c2ccc(-c3ccccc3)cc2)CC=C1c1ccccc1. The molecule has 1 aliphatic rings. The average molecular weight is 822 g/mol. The summed E-state index contributed by atoms with van der Waals surface area (Å²) in [7, 11) is 0. The largest absolute Gasteiger partial charge is 0.311 e. The van der Waals surface area contributed by atoms with E-state index in [0.29, 0.717) is 11.8 Å². The number of rotatable bonds is 13. The predicted octanol–water partition coefficient (Wildman–Crippen LogP) is 17.2. The third kappa shape index (κ3) is 9.21. The summed E-state index contributed by atoms with van der Waals surface area (Å²) in [5.74, 6) is 0.852. The number of aryl methyl sites for hydroxylation is 1. The van der Waals surface area contributed by atoms with E-state index >= 15 is 0 Å². The summed E-state index contributed by atoms with van der Waals surface area (Å²) in [5.41, 5.74) is 18.5. The lowest BCUT2D eigenvalue weighted by Gasteiger charge is -2.27. The Kier molecular flexibility index (Phi) is 12.0.